The highest BCUT2D eigenvalue weighted by Crippen LogP contribution is 1.93. The molecule has 0 saturated carbocycles. The molecule has 0 aliphatic rings. The first-order chi connectivity index (χ1) is 6.18. The van der Waals surface area contributed by atoms with Crippen LogP contribution < -0.4 is 5.32 Å². The molecule has 0 saturated heterocycles. The summed E-state index contributed by atoms with van der Waals surface area (Å²) in [6, 6.07) is 0. The van der Waals surface area contributed by atoms with Gasteiger partial charge in [-0.15, -0.1) is 0 Å². The predicted octanol–water partition coefficient (Wildman–Crippen LogP) is 1.45. The molecule has 3 heteroatoms. The van der Waals surface area contributed by atoms with Gasteiger partial charge in [0, 0.05) is 25.5 Å². The molecule has 1 heterocycles. The fourth-order valence-electron chi connectivity index (χ4n) is 0.915. The van der Waals surface area contributed by atoms with E-state index < -0.39 is 0 Å². The summed E-state index contributed by atoms with van der Waals surface area (Å²) in [5.41, 5.74) is 3.04. The fourth-order valence-corrected chi connectivity index (χ4v) is 0.915. The maximum atomic E-state index is 4.22. The summed E-state index contributed by atoms with van der Waals surface area (Å²) >= 11 is 0. The Labute approximate surface area is 78.9 Å². The number of hydrogen-bond acceptors (Lipinski definition) is 3. The Hall–Kier alpha value is -1.22. The lowest BCUT2D eigenvalue weighted by molar-refractivity contribution is 0.718. The standard InChI is InChI=1S/C10H15N3/c1-8(2)4-11-6-10-7-12-9(3)5-13-10/h5,7,11H,1,4,6H2,2-3H3. The topological polar surface area (TPSA) is 37.8 Å². The zero-order valence-electron chi connectivity index (χ0n) is 8.17. The van der Waals surface area contributed by atoms with Crippen LogP contribution in [-0.2, 0) is 6.54 Å². The number of nitrogens with one attached hydrogen (secondary N) is 1. The lowest BCUT2D eigenvalue weighted by atomic mass is 10.3. The fraction of sp³-hybridized carbons (Fsp3) is 0.400. The van der Waals surface area contributed by atoms with Gasteiger partial charge in [-0.2, -0.15) is 0 Å². The average molecular weight is 177 g/mol. The van der Waals surface area contributed by atoms with Crippen molar-refractivity contribution in [3.05, 3.63) is 35.9 Å². The highest BCUT2D eigenvalue weighted by atomic mass is 14.9. The Morgan fingerprint density at radius 3 is 2.77 bits per heavy atom. The van der Waals surface area contributed by atoms with E-state index >= 15 is 0 Å². The Morgan fingerprint density at radius 2 is 2.23 bits per heavy atom. The second-order valence-electron chi connectivity index (χ2n) is 3.21. The molecule has 0 aliphatic carbocycles. The second kappa shape index (κ2) is 4.72. The van der Waals surface area contributed by atoms with Crippen molar-refractivity contribution in [2.45, 2.75) is 20.4 Å². The average Bonchev–Trinajstić information content (AvgIpc) is 2.08. The largest absolute Gasteiger partial charge is 0.307 e. The van der Waals surface area contributed by atoms with Crippen molar-refractivity contribution in [3.8, 4) is 0 Å². The molecule has 1 aromatic rings. The van der Waals surface area contributed by atoms with Crippen molar-refractivity contribution >= 4 is 0 Å². The molecule has 0 spiro atoms. The van der Waals surface area contributed by atoms with Crippen LogP contribution in [0.5, 0.6) is 0 Å². The smallest absolute Gasteiger partial charge is 0.0724 e. The van der Waals surface area contributed by atoms with Crippen LogP contribution in [0.1, 0.15) is 18.3 Å². The van der Waals surface area contributed by atoms with Gasteiger partial charge < -0.3 is 5.32 Å². The summed E-state index contributed by atoms with van der Waals surface area (Å²) in [7, 11) is 0. The Kier molecular flexibility index (Phi) is 3.58. The Bertz CT molecular complexity index is 277. The van der Waals surface area contributed by atoms with Gasteiger partial charge in [0.15, 0.2) is 0 Å². The molecule has 1 N–H and O–H groups in total. The van der Waals surface area contributed by atoms with E-state index in [4.69, 9.17) is 0 Å². The highest BCUT2D eigenvalue weighted by molar-refractivity contribution is 5.01. The van der Waals surface area contributed by atoms with E-state index in [0.29, 0.717) is 0 Å². The van der Waals surface area contributed by atoms with Crippen LogP contribution in [0.4, 0.5) is 0 Å². The van der Waals surface area contributed by atoms with Crippen LogP contribution in [0.3, 0.4) is 0 Å². The molecule has 0 unspecified atom stereocenters. The van der Waals surface area contributed by atoms with Gasteiger partial charge in [0.05, 0.1) is 11.4 Å². The maximum absolute atomic E-state index is 4.22. The Morgan fingerprint density at radius 1 is 1.46 bits per heavy atom. The van der Waals surface area contributed by atoms with E-state index in [9.17, 15) is 0 Å². The third-order valence-corrected chi connectivity index (χ3v) is 1.57. The first kappa shape index (κ1) is 9.86. The minimum atomic E-state index is 0.750. The normalized spacial score (nSPS) is 10.0. The van der Waals surface area contributed by atoms with Crippen molar-refractivity contribution < 1.29 is 0 Å². The number of aryl methyl sites for hydroxylation is 1. The Balaban J connectivity index is 2.37. The summed E-state index contributed by atoms with van der Waals surface area (Å²) in [4.78, 5) is 8.37. The molecule has 70 valence electrons. The predicted molar refractivity (Wildman–Crippen MR) is 53.3 cm³/mol. The van der Waals surface area contributed by atoms with Gasteiger partial charge >= 0.3 is 0 Å². The van der Waals surface area contributed by atoms with E-state index in [1.807, 2.05) is 13.8 Å². The van der Waals surface area contributed by atoms with E-state index in [-0.39, 0.29) is 0 Å². The molecule has 13 heavy (non-hydrogen) atoms. The zero-order chi connectivity index (χ0) is 9.68. The summed E-state index contributed by atoms with van der Waals surface area (Å²) in [5.74, 6) is 0. The molecule has 1 rings (SSSR count). The van der Waals surface area contributed by atoms with Crippen LogP contribution >= 0.6 is 0 Å². The van der Waals surface area contributed by atoms with Crippen LogP contribution in [0, 0.1) is 6.92 Å². The zero-order valence-corrected chi connectivity index (χ0v) is 8.17. The van der Waals surface area contributed by atoms with Crippen LogP contribution in [0.25, 0.3) is 0 Å². The van der Waals surface area contributed by atoms with E-state index in [1.54, 1.807) is 12.4 Å². The van der Waals surface area contributed by atoms with Crippen molar-refractivity contribution in [1.82, 2.24) is 15.3 Å². The SMILES string of the molecule is C=C(C)CNCc1cnc(C)cn1. The minimum Gasteiger partial charge on any atom is -0.307 e. The molecule has 0 aliphatic heterocycles. The lowest BCUT2D eigenvalue weighted by Gasteiger charge is -2.02. The molecule has 0 radical (unpaired) electrons. The molecule has 0 atom stereocenters. The molecule has 0 fully saturated rings. The molecule has 0 bridgehead atoms. The van der Waals surface area contributed by atoms with Gasteiger partial charge in [0.25, 0.3) is 0 Å². The van der Waals surface area contributed by atoms with E-state index in [1.165, 1.54) is 0 Å². The van der Waals surface area contributed by atoms with Crippen LogP contribution in [0.15, 0.2) is 24.5 Å². The molecule has 0 aromatic carbocycles. The number of nitrogens with zero attached hydrogens (tertiary/aromatic N) is 2. The first-order valence-corrected chi connectivity index (χ1v) is 4.31. The molecule has 0 amide bonds. The molecule has 1 aromatic heterocycles. The summed E-state index contributed by atoms with van der Waals surface area (Å²) in [5, 5.41) is 3.22. The van der Waals surface area contributed by atoms with Gasteiger partial charge in [-0.25, -0.2) is 0 Å². The van der Waals surface area contributed by atoms with Crippen LogP contribution in [0.2, 0.25) is 0 Å². The number of rotatable bonds is 4. The monoisotopic (exact) mass is 177 g/mol. The second-order valence-corrected chi connectivity index (χ2v) is 3.21. The number of hydrogen-bond donors (Lipinski definition) is 1. The van der Waals surface area contributed by atoms with Crippen molar-refractivity contribution in [1.29, 1.82) is 0 Å². The van der Waals surface area contributed by atoms with Gasteiger partial charge in [-0.1, -0.05) is 12.2 Å². The van der Waals surface area contributed by atoms with Gasteiger partial charge in [0.2, 0.25) is 0 Å². The minimum absolute atomic E-state index is 0.750. The third kappa shape index (κ3) is 3.80. The molecular formula is C10H15N3. The van der Waals surface area contributed by atoms with Crippen molar-refractivity contribution in [2.75, 3.05) is 6.54 Å². The molecular weight excluding hydrogens is 162 g/mol. The third-order valence-electron chi connectivity index (χ3n) is 1.57. The van der Waals surface area contributed by atoms with Crippen molar-refractivity contribution in [2.24, 2.45) is 0 Å². The lowest BCUT2D eigenvalue weighted by Crippen LogP contribution is -2.16. The van der Waals surface area contributed by atoms with E-state index in [0.717, 1.165) is 30.1 Å². The van der Waals surface area contributed by atoms with Gasteiger partial charge in [-0.3, -0.25) is 9.97 Å². The highest BCUT2D eigenvalue weighted by Gasteiger charge is 1.93. The van der Waals surface area contributed by atoms with Crippen LogP contribution in [-0.4, -0.2) is 16.5 Å². The first-order valence-electron chi connectivity index (χ1n) is 4.31. The van der Waals surface area contributed by atoms with Gasteiger partial charge in [-0.05, 0) is 13.8 Å². The quantitative estimate of drug-likeness (QED) is 0.707. The summed E-state index contributed by atoms with van der Waals surface area (Å²) in [6.45, 7) is 9.30. The summed E-state index contributed by atoms with van der Waals surface area (Å²) in [6.07, 6.45) is 3.57. The van der Waals surface area contributed by atoms with Crippen molar-refractivity contribution in [3.63, 3.8) is 0 Å². The molecule has 3 nitrogen and oxygen atoms in total. The van der Waals surface area contributed by atoms with E-state index in [2.05, 4.69) is 21.9 Å². The van der Waals surface area contributed by atoms with Gasteiger partial charge in [0.1, 0.15) is 0 Å². The number of aromatic nitrogens is 2. The maximum Gasteiger partial charge on any atom is 0.0724 e. The summed E-state index contributed by atoms with van der Waals surface area (Å²) < 4.78 is 0.